The molecule has 0 saturated heterocycles. The van der Waals surface area contributed by atoms with Crippen LogP contribution in [0.2, 0.25) is 0 Å². The van der Waals surface area contributed by atoms with Gasteiger partial charge in [0.05, 0.1) is 46.2 Å². The van der Waals surface area contributed by atoms with Gasteiger partial charge in [-0.15, -0.1) is 0 Å². The molecule has 0 saturated carbocycles. The van der Waals surface area contributed by atoms with Gasteiger partial charge in [-0.1, -0.05) is 79.1 Å². The highest BCUT2D eigenvalue weighted by atomic mass is 16.6. The number of amides is 1. The summed E-state index contributed by atoms with van der Waals surface area (Å²) in [4.78, 5) is 24.2. The highest BCUT2D eigenvalue weighted by Gasteiger charge is 2.13. The van der Waals surface area contributed by atoms with E-state index in [-0.39, 0.29) is 24.2 Å². The quantitative estimate of drug-likeness (QED) is 0.134. The number of carbonyl (C=O) groups is 2. The second kappa shape index (κ2) is 27.0. The lowest BCUT2D eigenvalue weighted by atomic mass is 9.92. The minimum absolute atomic E-state index is 0.0770. The number of hydrogen-bond acceptors (Lipinski definition) is 6. The Hall–Kier alpha value is -1.02. The molecule has 0 aliphatic carbocycles. The molecule has 7 nitrogen and oxygen atoms in total. The molecule has 1 unspecified atom stereocenters. The van der Waals surface area contributed by atoms with Gasteiger partial charge in [-0.25, -0.2) is 0 Å². The number of carbonyl (C=O) groups excluding carboxylic acids is 2. The molecule has 0 aromatic carbocycles. The maximum Gasteiger partial charge on any atom is 0.220 e. The standard InChI is InChI=1S/C29H57NO6/c1-5-8-11-12-13-26(4)28(31)25-36-23-22-35-21-20-34-19-18-33-17-16-30-29(32)24-27(14-9-6-2)15-10-7-3/h26-27H,5-25H2,1-4H3,(H,30,32). The van der Waals surface area contributed by atoms with Crippen molar-refractivity contribution in [1.82, 2.24) is 5.32 Å². The van der Waals surface area contributed by atoms with Crippen LogP contribution in [0.25, 0.3) is 0 Å². The van der Waals surface area contributed by atoms with Crippen molar-refractivity contribution in [3.63, 3.8) is 0 Å². The molecule has 214 valence electrons. The van der Waals surface area contributed by atoms with Crippen molar-refractivity contribution in [3.8, 4) is 0 Å². The molecule has 1 amide bonds. The summed E-state index contributed by atoms with van der Waals surface area (Å²) < 4.78 is 21.9. The van der Waals surface area contributed by atoms with Crippen molar-refractivity contribution < 1.29 is 28.5 Å². The maximum atomic E-state index is 12.2. The average Bonchev–Trinajstić information content (AvgIpc) is 2.87. The Morgan fingerprint density at radius 3 is 1.72 bits per heavy atom. The Morgan fingerprint density at radius 2 is 1.17 bits per heavy atom. The maximum absolute atomic E-state index is 12.2. The van der Waals surface area contributed by atoms with Gasteiger partial charge in [0.15, 0.2) is 5.78 Å². The fourth-order valence-corrected chi connectivity index (χ4v) is 3.94. The first-order chi connectivity index (χ1) is 17.5. The van der Waals surface area contributed by atoms with Crippen LogP contribution < -0.4 is 5.32 Å². The highest BCUT2D eigenvalue weighted by molar-refractivity contribution is 5.81. The van der Waals surface area contributed by atoms with Crippen LogP contribution in [0.3, 0.4) is 0 Å². The van der Waals surface area contributed by atoms with Crippen LogP contribution in [0.15, 0.2) is 0 Å². The van der Waals surface area contributed by atoms with Gasteiger partial charge in [0.1, 0.15) is 6.61 Å². The first-order valence-corrected chi connectivity index (χ1v) is 14.6. The van der Waals surface area contributed by atoms with Crippen LogP contribution in [-0.2, 0) is 28.5 Å². The van der Waals surface area contributed by atoms with Crippen molar-refractivity contribution in [2.75, 3.05) is 59.4 Å². The number of Topliss-reactive ketones (excluding diaryl/α,β-unsaturated/α-hetero) is 1. The summed E-state index contributed by atoms with van der Waals surface area (Å²) in [5, 5.41) is 2.97. The van der Waals surface area contributed by atoms with E-state index in [2.05, 4.69) is 26.1 Å². The van der Waals surface area contributed by atoms with Gasteiger partial charge in [0, 0.05) is 18.9 Å². The van der Waals surface area contributed by atoms with E-state index in [4.69, 9.17) is 18.9 Å². The Kier molecular flexibility index (Phi) is 26.3. The smallest absolute Gasteiger partial charge is 0.220 e. The Bertz CT molecular complexity index is 494. The summed E-state index contributed by atoms with van der Waals surface area (Å²) in [6.07, 6.45) is 13.4. The largest absolute Gasteiger partial charge is 0.377 e. The minimum atomic E-state index is 0.0770. The summed E-state index contributed by atoms with van der Waals surface area (Å²) in [6.45, 7) is 12.6. The van der Waals surface area contributed by atoms with Gasteiger partial charge in [-0.05, 0) is 25.2 Å². The van der Waals surface area contributed by atoms with Crippen LogP contribution in [0.5, 0.6) is 0 Å². The van der Waals surface area contributed by atoms with Crippen LogP contribution in [-0.4, -0.2) is 71.1 Å². The van der Waals surface area contributed by atoms with E-state index in [9.17, 15) is 9.59 Å². The second-order valence-corrected chi connectivity index (χ2v) is 9.81. The molecule has 0 fully saturated rings. The van der Waals surface area contributed by atoms with Gasteiger partial charge in [-0.2, -0.15) is 0 Å². The molecular formula is C29H57NO6. The Labute approximate surface area is 221 Å². The summed E-state index contributed by atoms with van der Waals surface area (Å²) >= 11 is 0. The number of rotatable bonds is 28. The fraction of sp³-hybridized carbons (Fsp3) is 0.931. The summed E-state index contributed by atoms with van der Waals surface area (Å²) in [7, 11) is 0. The number of ketones is 1. The normalized spacial score (nSPS) is 12.2. The number of hydrogen-bond donors (Lipinski definition) is 1. The lowest BCUT2D eigenvalue weighted by Gasteiger charge is -2.16. The summed E-state index contributed by atoms with van der Waals surface area (Å²) in [6, 6.07) is 0. The van der Waals surface area contributed by atoms with E-state index < -0.39 is 0 Å². The van der Waals surface area contributed by atoms with Gasteiger partial charge in [0.2, 0.25) is 5.91 Å². The zero-order valence-electron chi connectivity index (χ0n) is 24.0. The number of nitrogens with one attached hydrogen (secondary N) is 1. The van der Waals surface area contributed by atoms with Crippen LogP contribution in [0, 0.1) is 11.8 Å². The molecule has 0 aromatic heterocycles. The molecule has 0 radical (unpaired) electrons. The van der Waals surface area contributed by atoms with Crippen molar-refractivity contribution in [1.29, 1.82) is 0 Å². The minimum Gasteiger partial charge on any atom is -0.377 e. The van der Waals surface area contributed by atoms with E-state index in [0.717, 1.165) is 25.7 Å². The van der Waals surface area contributed by atoms with Crippen LogP contribution >= 0.6 is 0 Å². The third-order valence-corrected chi connectivity index (χ3v) is 6.38. The molecule has 1 N–H and O–H groups in total. The van der Waals surface area contributed by atoms with E-state index in [1.807, 2.05) is 6.92 Å². The average molecular weight is 516 g/mol. The lowest BCUT2D eigenvalue weighted by Crippen LogP contribution is -2.29. The van der Waals surface area contributed by atoms with Crippen LogP contribution in [0.4, 0.5) is 0 Å². The molecule has 0 bridgehead atoms. The first-order valence-electron chi connectivity index (χ1n) is 14.6. The molecule has 36 heavy (non-hydrogen) atoms. The monoisotopic (exact) mass is 515 g/mol. The van der Waals surface area contributed by atoms with E-state index in [1.165, 1.54) is 44.9 Å². The van der Waals surface area contributed by atoms with Crippen molar-refractivity contribution in [3.05, 3.63) is 0 Å². The molecule has 0 aromatic rings. The molecular weight excluding hydrogens is 458 g/mol. The zero-order valence-corrected chi connectivity index (χ0v) is 24.0. The first kappa shape index (κ1) is 35.0. The van der Waals surface area contributed by atoms with E-state index in [1.54, 1.807) is 0 Å². The summed E-state index contributed by atoms with van der Waals surface area (Å²) in [5.41, 5.74) is 0. The van der Waals surface area contributed by atoms with Gasteiger partial charge in [-0.3, -0.25) is 9.59 Å². The third-order valence-electron chi connectivity index (χ3n) is 6.38. The molecule has 0 spiro atoms. The van der Waals surface area contributed by atoms with E-state index >= 15 is 0 Å². The predicted octanol–water partition coefficient (Wildman–Crippen LogP) is 5.73. The number of unbranched alkanes of at least 4 members (excludes halogenated alkanes) is 5. The van der Waals surface area contributed by atoms with Gasteiger partial charge >= 0.3 is 0 Å². The van der Waals surface area contributed by atoms with Crippen molar-refractivity contribution in [2.45, 2.75) is 105 Å². The van der Waals surface area contributed by atoms with Crippen molar-refractivity contribution in [2.24, 2.45) is 11.8 Å². The van der Waals surface area contributed by atoms with Gasteiger partial charge < -0.3 is 24.3 Å². The second-order valence-electron chi connectivity index (χ2n) is 9.81. The summed E-state index contributed by atoms with van der Waals surface area (Å²) in [5.74, 6) is 0.893. The Balaban J connectivity index is 3.47. The molecule has 0 aliphatic heterocycles. The zero-order chi connectivity index (χ0) is 26.7. The van der Waals surface area contributed by atoms with E-state index in [0.29, 0.717) is 65.1 Å². The SMILES string of the molecule is CCCCCCC(C)C(=O)COCCOCCOCCOCCNC(=O)CC(CCCC)CCCC. The third kappa shape index (κ3) is 23.4. The molecule has 0 heterocycles. The molecule has 7 heteroatoms. The van der Waals surface area contributed by atoms with Gasteiger partial charge in [0.25, 0.3) is 0 Å². The number of ether oxygens (including phenoxy) is 4. The van der Waals surface area contributed by atoms with Crippen LogP contribution in [0.1, 0.15) is 105 Å². The lowest BCUT2D eigenvalue weighted by molar-refractivity contribution is -0.128. The molecule has 0 rings (SSSR count). The Morgan fingerprint density at radius 1 is 0.639 bits per heavy atom. The molecule has 1 atom stereocenters. The highest BCUT2D eigenvalue weighted by Crippen LogP contribution is 2.19. The fourth-order valence-electron chi connectivity index (χ4n) is 3.94. The molecule has 0 aliphatic rings. The predicted molar refractivity (Wildman–Crippen MR) is 146 cm³/mol. The topological polar surface area (TPSA) is 83.1 Å². The van der Waals surface area contributed by atoms with Crippen molar-refractivity contribution >= 4 is 11.7 Å².